The monoisotopic (exact) mass is 840 g/mol. The van der Waals surface area contributed by atoms with Crippen LogP contribution in [0.4, 0.5) is 28.4 Å². The number of nitrogens with one attached hydrogen (secondary N) is 1. The number of anilines is 5. The van der Waals surface area contributed by atoms with Gasteiger partial charge in [0, 0.05) is 33.9 Å². The molecule has 0 amide bonds. The zero-order valence-electron chi connectivity index (χ0n) is 36.8. The third-order valence-electron chi connectivity index (χ3n) is 15.1. The van der Waals surface area contributed by atoms with Crippen molar-refractivity contribution in [3.63, 3.8) is 0 Å². The highest BCUT2D eigenvalue weighted by Gasteiger charge is 2.52. The second-order valence-electron chi connectivity index (χ2n) is 19.0. The zero-order chi connectivity index (χ0) is 43.7. The summed E-state index contributed by atoms with van der Waals surface area (Å²) in [6.07, 6.45) is 0. The molecular weight excluding hydrogens is 797 g/mol. The van der Waals surface area contributed by atoms with Gasteiger partial charge in [-0.2, -0.15) is 0 Å². The smallest absolute Gasteiger partial charge is 0.0726 e. The van der Waals surface area contributed by atoms with Crippen LogP contribution in [-0.4, -0.2) is 0 Å². The molecule has 2 heteroatoms. The molecule has 3 aliphatic rings. The predicted octanol–water partition coefficient (Wildman–Crippen LogP) is 17.0. The summed E-state index contributed by atoms with van der Waals surface area (Å²) in [5.41, 5.74) is 21.0. The van der Waals surface area contributed by atoms with Crippen LogP contribution in [0.5, 0.6) is 0 Å². The lowest BCUT2D eigenvalue weighted by atomic mass is 9.70. The van der Waals surface area contributed by atoms with Crippen molar-refractivity contribution in [1.29, 1.82) is 0 Å². The highest BCUT2D eigenvalue weighted by Crippen LogP contribution is 2.65. The molecule has 14 rings (SSSR count). The van der Waals surface area contributed by atoms with Gasteiger partial charge in [0.15, 0.2) is 0 Å². The first-order valence-electron chi connectivity index (χ1n) is 23.2. The molecule has 11 aromatic carbocycles. The van der Waals surface area contributed by atoms with Crippen LogP contribution in [0, 0.1) is 0 Å². The largest absolute Gasteiger partial charge is 0.356 e. The summed E-state index contributed by atoms with van der Waals surface area (Å²) in [5, 5.41) is 11.1. The molecule has 0 radical (unpaired) electrons. The Morgan fingerprint density at radius 2 is 0.909 bits per heavy atom. The molecule has 0 saturated carbocycles. The number of para-hydroxylation sites is 2. The van der Waals surface area contributed by atoms with Crippen molar-refractivity contribution < 1.29 is 0 Å². The topological polar surface area (TPSA) is 15.3 Å². The molecule has 1 spiro atoms. The molecule has 0 saturated heterocycles. The van der Waals surface area contributed by atoms with Crippen molar-refractivity contribution in [2.45, 2.75) is 24.7 Å². The normalized spacial score (nSPS) is 15.6. The maximum absolute atomic E-state index is 3.67. The minimum absolute atomic E-state index is 0.110. The van der Waals surface area contributed by atoms with Crippen molar-refractivity contribution in [2.75, 3.05) is 10.2 Å². The molecule has 310 valence electrons. The Kier molecular flexibility index (Phi) is 7.70. The summed E-state index contributed by atoms with van der Waals surface area (Å²) in [5.74, 6) is 0. The van der Waals surface area contributed by atoms with Crippen LogP contribution >= 0.6 is 0 Å². The van der Waals surface area contributed by atoms with Crippen LogP contribution in [-0.2, 0) is 10.8 Å². The lowest BCUT2D eigenvalue weighted by molar-refractivity contribution is 0.660. The van der Waals surface area contributed by atoms with Gasteiger partial charge in [-0.25, -0.2) is 0 Å². The van der Waals surface area contributed by atoms with E-state index in [9.17, 15) is 0 Å². The van der Waals surface area contributed by atoms with Gasteiger partial charge in [-0.05, 0) is 184 Å². The maximum Gasteiger partial charge on any atom is 0.0726 e. The molecule has 1 unspecified atom stereocenters. The fraction of sp³-hybridized carbons (Fsp3) is 0.0625. The van der Waals surface area contributed by atoms with Crippen molar-refractivity contribution in [2.24, 2.45) is 0 Å². The number of hydrogen-bond donors (Lipinski definition) is 1. The number of benzene rings is 11. The minimum Gasteiger partial charge on any atom is -0.356 e. The molecule has 0 bridgehead atoms. The molecule has 0 fully saturated rings. The fourth-order valence-corrected chi connectivity index (χ4v) is 12.2. The van der Waals surface area contributed by atoms with E-state index in [4.69, 9.17) is 0 Å². The summed E-state index contributed by atoms with van der Waals surface area (Å²) in [7, 11) is 0. The number of hydrogen-bond acceptors (Lipinski definition) is 2. The highest BCUT2D eigenvalue weighted by molar-refractivity contribution is 6.09. The van der Waals surface area contributed by atoms with E-state index < -0.39 is 5.41 Å². The Bertz CT molecular complexity index is 3830. The van der Waals surface area contributed by atoms with Crippen LogP contribution in [0.2, 0.25) is 0 Å². The first-order chi connectivity index (χ1) is 32.4. The Morgan fingerprint density at radius 1 is 0.318 bits per heavy atom. The third kappa shape index (κ3) is 5.13. The standard InChI is InChI=1S/C64H44N2/c1-63(2)56-23-13-11-21-51(56)52-31-30-49(39-59(52)63)66(47-18-7-4-8-19-47)48-29-26-42-36-55-54-35-41-25-28-46(65-45-16-5-3-6-17-45)33-43(41)37-60(54)64(61(55)38-44(42)34-48)57-24-14-12-22-53(57)62-50-20-10-9-15-40(50)27-32-58(62)64/h3-39,65H,1-2H3. The molecule has 0 aromatic heterocycles. The molecular formula is C64H44N2. The van der Waals surface area contributed by atoms with Gasteiger partial charge < -0.3 is 10.2 Å². The van der Waals surface area contributed by atoms with Crippen molar-refractivity contribution >= 4 is 60.8 Å². The van der Waals surface area contributed by atoms with E-state index in [1.54, 1.807) is 0 Å². The second kappa shape index (κ2) is 13.7. The van der Waals surface area contributed by atoms with Crippen LogP contribution in [0.1, 0.15) is 47.2 Å². The van der Waals surface area contributed by atoms with Gasteiger partial charge in [0.05, 0.1) is 5.41 Å². The van der Waals surface area contributed by atoms with Crippen LogP contribution in [0.15, 0.2) is 224 Å². The minimum atomic E-state index is -0.526. The second-order valence-corrected chi connectivity index (χ2v) is 19.0. The lowest BCUT2D eigenvalue weighted by Gasteiger charge is -2.31. The average Bonchev–Trinajstić information content (AvgIpc) is 3.90. The SMILES string of the molecule is CC1(C)c2ccccc2-c2ccc(N(c3ccccc3)c3ccc4cc5c(cc4c3)C3(c4cc6cc(Nc7ccccc7)ccc6cc4-5)c4ccccc4-c4c3ccc3ccccc43)cc21. The molecule has 0 heterocycles. The van der Waals surface area contributed by atoms with Gasteiger partial charge in [-0.15, -0.1) is 0 Å². The van der Waals surface area contributed by atoms with E-state index in [1.807, 2.05) is 0 Å². The highest BCUT2D eigenvalue weighted by atomic mass is 15.1. The van der Waals surface area contributed by atoms with E-state index in [1.165, 1.54) is 99.1 Å². The molecule has 3 aliphatic carbocycles. The molecule has 11 aromatic rings. The third-order valence-corrected chi connectivity index (χ3v) is 15.1. The molecule has 1 atom stereocenters. The lowest BCUT2D eigenvalue weighted by Crippen LogP contribution is -2.25. The quantitative estimate of drug-likeness (QED) is 0.186. The Balaban J connectivity index is 1.00. The van der Waals surface area contributed by atoms with Crippen molar-refractivity contribution in [3.05, 3.63) is 258 Å². The van der Waals surface area contributed by atoms with E-state index in [0.29, 0.717) is 0 Å². The van der Waals surface area contributed by atoms with E-state index in [-0.39, 0.29) is 5.41 Å². The number of fused-ring (bicyclic) bond motifs is 17. The Morgan fingerprint density at radius 3 is 1.70 bits per heavy atom. The maximum atomic E-state index is 3.67. The van der Waals surface area contributed by atoms with E-state index >= 15 is 0 Å². The van der Waals surface area contributed by atoms with Gasteiger partial charge in [-0.3, -0.25) is 0 Å². The van der Waals surface area contributed by atoms with E-state index in [2.05, 4.69) is 249 Å². The Labute approximate surface area is 385 Å². The van der Waals surface area contributed by atoms with Crippen LogP contribution in [0.3, 0.4) is 0 Å². The summed E-state index contributed by atoms with van der Waals surface area (Å²) >= 11 is 0. The van der Waals surface area contributed by atoms with Gasteiger partial charge >= 0.3 is 0 Å². The fourth-order valence-electron chi connectivity index (χ4n) is 12.2. The molecule has 0 aliphatic heterocycles. The number of rotatable bonds is 5. The molecule has 2 nitrogen and oxygen atoms in total. The van der Waals surface area contributed by atoms with Gasteiger partial charge in [0.25, 0.3) is 0 Å². The van der Waals surface area contributed by atoms with Gasteiger partial charge in [0.2, 0.25) is 0 Å². The average molecular weight is 841 g/mol. The van der Waals surface area contributed by atoms with E-state index in [0.717, 1.165) is 28.4 Å². The summed E-state index contributed by atoms with van der Waals surface area (Å²) < 4.78 is 0. The van der Waals surface area contributed by atoms with Crippen LogP contribution in [0.25, 0.3) is 65.7 Å². The first-order valence-corrected chi connectivity index (χ1v) is 23.2. The summed E-state index contributed by atoms with van der Waals surface area (Å²) in [4.78, 5) is 2.44. The molecule has 66 heavy (non-hydrogen) atoms. The van der Waals surface area contributed by atoms with Crippen molar-refractivity contribution in [1.82, 2.24) is 0 Å². The summed E-state index contributed by atoms with van der Waals surface area (Å²) in [6, 6.07) is 84.0. The molecule has 1 N–H and O–H groups in total. The van der Waals surface area contributed by atoms with Gasteiger partial charge in [0.1, 0.15) is 0 Å². The zero-order valence-corrected chi connectivity index (χ0v) is 36.8. The van der Waals surface area contributed by atoms with Crippen LogP contribution < -0.4 is 10.2 Å². The van der Waals surface area contributed by atoms with Gasteiger partial charge in [-0.1, -0.05) is 153 Å². The predicted molar refractivity (Wildman–Crippen MR) is 277 cm³/mol. The Hall–Kier alpha value is -8.20. The number of nitrogens with zero attached hydrogens (tertiary/aromatic N) is 1. The van der Waals surface area contributed by atoms with Crippen molar-refractivity contribution in [3.8, 4) is 33.4 Å². The first kappa shape index (κ1) is 37.2. The summed E-state index contributed by atoms with van der Waals surface area (Å²) in [6.45, 7) is 4.73.